The Hall–Kier alpha value is -1.26. The van der Waals surface area contributed by atoms with Gasteiger partial charge in [0.15, 0.2) is 0 Å². The van der Waals surface area contributed by atoms with Gasteiger partial charge in [0.05, 0.1) is 0 Å². The number of nitrogens with zero attached hydrogens (tertiary/aromatic N) is 2. The van der Waals surface area contributed by atoms with E-state index in [0.29, 0.717) is 25.3 Å². The van der Waals surface area contributed by atoms with E-state index in [0.717, 1.165) is 11.8 Å². The molecule has 0 aromatic carbocycles. The number of rotatable bonds is 5. The molecule has 2 saturated carbocycles. The molecule has 2 fully saturated rings. The molecular weight excluding hydrogens is 230 g/mol. The maximum Gasteiger partial charge on any atom is 0.222 e. The second-order valence-electron chi connectivity index (χ2n) is 5.80. The molecule has 3 atom stereocenters. The van der Waals surface area contributed by atoms with Crippen molar-refractivity contribution in [3.8, 4) is 0 Å². The highest BCUT2D eigenvalue weighted by atomic mass is 16.4. The molecule has 5 heteroatoms. The van der Waals surface area contributed by atoms with Crippen LogP contribution in [0.15, 0.2) is 5.16 Å². The number of oxime groups is 1. The molecule has 0 aliphatic heterocycles. The van der Waals surface area contributed by atoms with Gasteiger partial charge in [0.1, 0.15) is 5.84 Å². The summed E-state index contributed by atoms with van der Waals surface area (Å²) in [6, 6.07) is 0. The normalized spacial score (nSPS) is 30.7. The first kappa shape index (κ1) is 13.2. The standard InChI is InChI=1S/C13H23N3O2/c1-16(5-4-12(14)15-18)13(17)8-11-7-9-2-3-10(11)6-9/h9-11,18H,2-8H2,1H3,(H2,14,15). The van der Waals surface area contributed by atoms with Gasteiger partial charge in [-0.05, 0) is 37.0 Å². The lowest BCUT2D eigenvalue weighted by Crippen LogP contribution is -2.32. The van der Waals surface area contributed by atoms with E-state index < -0.39 is 0 Å². The van der Waals surface area contributed by atoms with Crippen LogP contribution in [0.3, 0.4) is 0 Å². The first-order chi connectivity index (χ1) is 8.60. The monoisotopic (exact) mass is 253 g/mol. The van der Waals surface area contributed by atoms with Gasteiger partial charge >= 0.3 is 0 Å². The lowest BCUT2D eigenvalue weighted by molar-refractivity contribution is -0.131. The van der Waals surface area contributed by atoms with Crippen molar-refractivity contribution in [3.63, 3.8) is 0 Å². The predicted molar refractivity (Wildman–Crippen MR) is 69.2 cm³/mol. The van der Waals surface area contributed by atoms with Gasteiger partial charge in [0, 0.05) is 26.4 Å². The Morgan fingerprint density at radius 1 is 1.44 bits per heavy atom. The van der Waals surface area contributed by atoms with Gasteiger partial charge in [-0.1, -0.05) is 11.6 Å². The minimum atomic E-state index is 0.176. The van der Waals surface area contributed by atoms with E-state index in [1.54, 1.807) is 11.9 Å². The van der Waals surface area contributed by atoms with E-state index in [1.165, 1.54) is 25.7 Å². The molecule has 3 N–H and O–H groups in total. The van der Waals surface area contributed by atoms with Crippen molar-refractivity contribution in [3.05, 3.63) is 0 Å². The number of hydrogen-bond acceptors (Lipinski definition) is 3. The summed E-state index contributed by atoms with van der Waals surface area (Å²) in [5.74, 6) is 2.64. The quantitative estimate of drug-likeness (QED) is 0.336. The molecular formula is C13H23N3O2. The Bertz CT molecular complexity index is 343. The van der Waals surface area contributed by atoms with Crippen molar-refractivity contribution < 1.29 is 10.0 Å². The minimum Gasteiger partial charge on any atom is -0.409 e. The maximum absolute atomic E-state index is 12.1. The van der Waals surface area contributed by atoms with Crippen LogP contribution in [0.25, 0.3) is 0 Å². The summed E-state index contributed by atoms with van der Waals surface area (Å²) in [4.78, 5) is 13.8. The number of hydrogen-bond donors (Lipinski definition) is 2. The zero-order valence-electron chi connectivity index (χ0n) is 11.0. The van der Waals surface area contributed by atoms with Gasteiger partial charge in [-0.2, -0.15) is 0 Å². The first-order valence-corrected chi connectivity index (χ1v) is 6.80. The first-order valence-electron chi connectivity index (χ1n) is 6.80. The lowest BCUT2D eigenvalue weighted by Gasteiger charge is -2.24. The molecule has 0 aromatic rings. The molecule has 0 radical (unpaired) electrons. The highest BCUT2D eigenvalue weighted by molar-refractivity contribution is 5.81. The van der Waals surface area contributed by atoms with Crippen LogP contribution in [0.1, 0.15) is 38.5 Å². The van der Waals surface area contributed by atoms with E-state index in [2.05, 4.69) is 5.16 Å². The molecule has 18 heavy (non-hydrogen) atoms. The third-order valence-electron chi connectivity index (χ3n) is 4.58. The fourth-order valence-corrected chi connectivity index (χ4v) is 3.46. The van der Waals surface area contributed by atoms with Crippen LogP contribution < -0.4 is 5.73 Å². The van der Waals surface area contributed by atoms with Crippen LogP contribution in [0.2, 0.25) is 0 Å². The molecule has 102 valence electrons. The SMILES string of the molecule is CN(CC/C(N)=N/O)C(=O)CC1CC2CCC1C2. The molecule has 2 rings (SSSR count). The van der Waals surface area contributed by atoms with Crippen molar-refractivity contribution in [2.75, 3.05) is 13.6 Å². The summed E-state index contributed by atoms with van der Waals surface area (Å²) in [5.41, 5.74) is 5.40. The molecule has 1 amide bonds. The van der Waals surface area contributed by atoms with Gasteiger partial charge in [-0.25, -0.2) is 0 Å². The van der Waals surface area contributed by atoms with Crippen molar-refractivity contribution in [1.29, 1.82) is 0 Å². The van der Waals surface area contributed by atoms with Crippen LogP contribution in [0.4, 0.5) is 0 Å². The zero-order chi connectivity index (χ0) is 13.1. The fraction of sp³-hybridized carbons (Fsp3) is 0.846. The zero-order valence-corrected chi connectivity index (χ0v) is 11.0. The smallest absolute Gasteiger partial charge is 0.222 e. The lowest BCUT2D eigenvalue weighted by atomic mass is 9.86. The van der Waals surface area contributed by atoms with E-state index in [-0.39, 0.29) is 11.7 Å². The molecule has 0 saturated heterocycles. The van der Waals surface area contributed by atoms with E-state index in [9.17, 15) is 4.79 Å². The second kappa shape index (κ2) is 5.59. The summed E-state index contributed by atoms with van der Waals surface area (Å²) in [6.07, 6.45) is 6.37. The minimum absolute atomic E-state index is 0.176. The topological polar surface area (TPSA) is 78.9 Å². The Morgan fingerprint density at radius 2 is 2.22 bits per heavy atom. The number of amidine groups is 1. The van der Waals surface area contributed by atoms with E-state index in [4.69, 9.17) is 10.9 Å². The molecule has 0 aromatic heterocycles. The molecule has 3 unspecified atom stereocenters. The summed E-state index contributed by atoms with van der Waals surface area (Å²) in [5, 5.41) is 11.4. The Balaban J connectivity index is 1.74. The van der Waals surface area contributed by atoms with Crippen molar-refractivity contribution >= 4 is 11.7 Å². The van der Waals surface area contributed by atoms with E-state index >= 15 is 0 Å². The third-order valence-corrected chi connectivity index (χ3v) is 4.58. The van der Waals surface area contributed by atoms with Crippen molar-refractivity contribution in [2.24, 2.45) is 28.6 Å². The number of nitrogens with two attached hydrogens (primary N) is 1. The maximum atomic E-state index is 12.1. The molecule has 5 nitrogen and oxygen atoms in total. The number of carbonyl (C=O) groups is 1. The van der Waals surface area contributed by atoms with Gasteiger partial charge in [-0.15, -0.1) is 0 Å². The molecule has 2 aliphatic rings. The third kappa shape index (κ3) is 2.94. The highest BCUT2D eigenvalue weighted by Crippen LogP contribution is 2.49. The fourth-order valence-electron chi connectivity index (χ4n) is 3.46. The van der Waals surface area contributed by atoms with Crippen LogP contribution >= 0.6 is 0 Å². The van der Waals surface area contributed by atoms with Gasteiger partial charge in [-0.3, -0.25) is 4.79 Å². The average Bonchev–Trinajstić information content (AvgIpc) is 2.97. The van der Waals surface area contributed by atoms with Crippen LogP contribution in [0, 0.1) is 17.8 Å². The van der Waals surface area contributed by atoms with Gasteiger partial charge in [0.2, 0.25) is 5.91 Å². The van der Waals surface area contributed by atoms with E-state index in [1.807, 2.05) is 0 Å². The second-order valence-corrected chi connectivity index (χ2v) is 5.80. The summed E-state index contributed by atoms with van der Waals surface area (Å²) >= 11 is 0. The highest BCUT2D eigenvalue weighted by Gasteiger charge is 2.40. The predicted octanol–water partition coefficient (Wildman–Crippen LogP) is 1.41. The summed E-state index contributed by atoms with van der Waals surface area (Å²) in [7, 11) is 1.79. The Labute approximate surface area is 108 Å². The summed E-state index contributed by atoms with van der Waals surface area (Å²) < 4.78 is 0. The van der Waals surface area contributed by atoms with Crippen molar-refractivity contribution in [1.82, 2.24) is 4.90 Å². The van der Waals surface area contributed by atoms with Gasteiger partial charge in [0.25, 0.3) is 0 Å². The van der Waals surface area contributed by atoms with Crippen LogP contribution in [-0.4, -0.2) is 35.4 Å². The number of fused-ring (bicyclic) bond motifs is 2. The number of carbonyl (C=O) groups excluding carboxylic acids is 1. The summed E-state index contributed by atoms with van der Waals surface area (Å²) in [6.45, 7) is 0.523. The van der Waals surface area contributed by atoms with Crippen LogP contribution in [-0.2, 0) is 4.79 Å². The van der Waals surface area contributed by atoms with Crippen LogP contribution in [0.5, 0.6) is 0 Å². The average molecular weight is 253 g/mol. The molecule has 2 aliphatic carbocycles. The molecule has 0 spiro atoms. The molecule has 2 bridgehead atoms. The Kier molecular flexibility index (Phi) is 4.09. The Morgan fingerprint density at radius 3 is 2.78 bits per heavy atom. The van der Waals surface area contributed by atoms with Gasteiger partial charge < -0.3 is 15.8 Å². The molecule has 0 heterocycles. The number of amides is 1. The van der Waals surface area contributed by atoms with Crippen molar-refractivity contribution in [2.45, 2.75) is 38.5 Å². The largest absolute Gasteiger partial charge is 0.409 e.